The van der Waals surface area contributed by atoms with Gasteiger partial charge in [0, 0.05) is 15.6 Å². The van der Waals surface area contributed by atoms with E-state index >= 15 is 0 Å². The summed E-state index contributed by atoms with van der Waals surface area (Å²) >= 11 is 7.20. The molecule has 0 bridgehead atoms. The first-order valence-corrected chi connectivity index (χ1v) is 5.46. The van der Waals surface area contributed by atoms with E-state index < -0.39 is 0 Å². The molecule has 0 radical (unpaired) electrons. The van der Waals surface area contributed by atoms with E-state index in [1.54, 1.807) is 12.1 Å². The summed E-state index contributed by atoms with van der Waals surface area (Å²) in [6, 6.07) is 5.36. The van der Waals surface area contributed by atoms with Crippen molar-refractivity contribution >= 4 is 29.1 Å². The Morgan fingerprint density at radius 3 is 2.87 bits per heavy atom. The van der Waals surface area contributed by atoms with E-state index in [4.69, 9.17) is 17.3 Å². The quantitative estimate of drug-likeness (QED) is 0.792. The Labute approximate surface area is 96.2 Å². The molecule has 0 aliphatic heterocycles. The standard InChI is InChI=1S/C9H9ClN4S/c1-5-12-9(14-13-5)15-8-3-2-6(10)4-7(8)11/h2-4H,11H2,1H3,(H,12,13,14). The number of aryl methyl sites for hydroxylation is 1. The van der Waals surface area contributed by atoms with E-state index in [-0.39, 0.29) is 0 Å². The summed E-state index contributed by atoms with van der Waals surface area (Å²) < 4.78 is 0. The fourth-order valence-corrected chi connectivity index (χ4v) is 2.04. The van der Waals surface area contributed by atoms with Crippen LogP contribution in [0.3, 0.4) is 0 Å². The van der Waals surface area contributed by atoms with Gasteiger partial charge in [0.15, 0.2) is 0 Å². The molecule has 0 saturated carbocycles. The number of anilines is 1. The van der Waals surface area contributed by atoms with Gasteiger partial charge in [-0.2, -0.15) is 0 Å². The van der Waals surface area contributed by atoms with Crippen molar-refractivity contribution in [1.29, 1.82) is 0 Å². The molecular weight excluding hydrogens is 232 g/mol. The molecule has 78 valence electrons. The second-order valence-corrected chi connectivity index (χ2v) is 4.43. The van der Waals surface area contributed by atoms with Crippen LogP contribution in [0.1, 0.15) is 5.82 Å². The molecular formula is C9H9ClN4S. The van der Waals surface area contributed by atoms with Crippen LogP contribution in [0.5, 0.6) is 0 Å². The lowest BCUT2D eigenvalue weighted by Crippen LogP contribution is -1.88. The molecule has 15 heavy (non-hydrogen) atoms. The van der Waals surface area contributed by atoms with Gasteiger partial charge in [-0.3, -0.25) is 5.10 Å². The number of nitrogens with two attached hydrogens (primary N) is 1. The van der Waals surface area contributed by atoms with Crippen LogP contribution in [0.4, 0.5) is 5.69 Å². The van der Waals surface area contributed by atoms with Crippen LogP contribution in [0.2, 0.25) is 5.02 Å². The number of nitrogens with zero attached hydrogens (tertiary/aromatic N) is 2. The molecule has 1 aromatic heterocycles. The van der Waals surface area contributed by atoms with Crippen molar-refractivity contribution in [3.8, 4) is 0 Å². The van der Waals surface area contributed by atoms with Gasteiger partial charge in [0.1, 0.15) is 5.82 Å². The Balaban J connectivity index is 2.24. The zero-order valence-corrected chi connectivity index (χ0v) is 9.56. The van der Waals surface area contributed by atoms with Gasteiger partial charge in [-0.15, -0.1) is 5.10 Å². The van der Waals surface area contributed by atoms with Gasteiger partial charge < -0.3 is 5.73 Å². The topological polar surface area (TPSA) is 67.6 Å². The molecule has 1 heterocycles. The minimum atomic E-state index is 0.628. The van der Waals surface area contributed by atoms with Gasteiger partial charge in [0.2, 0.25) is 5.16 Å². The summed E-state index contributed by atoms with van der Waals surface area (Å²) in [6.07, 6.45) is 0. The molecule has 0 spiro atoms. The summed E-state index contributed by atoms with van der Waals surface area (Å²) in [5.41, 5.74) is 6.44. The van der Waals surface area contributed by atoms with Gasteiger partial charge in [-0.05, 0) is 36.9 Å². The summed E-state index contributed by atoms with van der Waals surface area (Å²) in [5.74, 6) is 0.782. The van der Waals surface area contributed by atoms with Crippen molar-refractivity contribution in [2.75, 3.05) is 5.73 Å². The number of nitrogens with one attached hydrogen (secondary N) is 1. The van der Waals surface area contributed by atoms with E-state index in [2.05, 4.69) is 15.2 Å². The maximum atomic E-state index is 5.80. The third-order valence-electron chi connectivity index (χ3n) is 1.75. The van der Waals surface area contributed by atoms with Gasteiger partial charge in [0.25, 0.3) is 0 Å². The van der Waals surface area contributed by atoms with Gasteiger partial charge in [-0.1, -0.05) is 11.6 Å². The average molecular weight is 241 g/mol. The highest BCUT2D eigenvalue weighted by atomic mass is 35.5. The minimum absolute atomic E-state index is 0.628. The number of aromatic nitrogens is 3. The minimum Gasteiger partial charge on any atom is -0.398 e. The van der Waals surface area contributed by atoms with Crippen molar-refractivity contribution in [1.82, 2.24) is 15.2 Å². The molecule has 0 atom stereocenters. The maximum absolute atomic E-state index is 5.80. The van der Waals surface area contributed by atoms with Gasteiger partial charge in [0.05, 0.1) is 0 Å². The summed E-state index contributed by atoms with van der Waals surface area (Å²) in [7, 11) is 0. The Kier molecular flexibility index (Phi) is 2.83. The number of rotatable bonds is 2. The van der Waals surface area contributed by atoms with E-state index in [1.165, 1.54) is 11.8 Å². The van der Waals surface area contributed by atoms with Crippen LogP contribution in [0, 0.1) is 6.92 Å². The molecule has 4 nitrogen and oxygen atoms in total. The summed E-state index contributed by atoms with van der Waals surface area (Å²) in [4.78, 5) is 5.08. The number of hydrogen-bond donors (Lipinski definition) is 2. The number of H-pyrrole nitrogens is 1. The Morgan fingerprint density at radius 2 is 2.27 bits per heavy atom. The predicted molar refractivity (Wildman–Crippen MR) is 61.1 cm³/mol. The monoisotopic (exact) mass is 240 g/mol. The first kappa shape index (κ1) is 10.3. The maximum Gasteiger partial charge on any atom is 0.213 e. The summed E-state index contributed by atoms with van der Waals surface area (Å²) in [6.45, 7) is 1.85. The lowest BCUT2D eigenvalue weighted by Gasteiger charge is -2.02. The Bertz CT molecular complexity index is 483. The largest absolute Gasteiger partial charge is 0.398 e. The van der Waals surface area contributed by atoms with Crippen LogP contribution >= 0.6 is 23.4 Å². The van der Waals surface area contributed by atoms with Crippen LogP contribution in [-0.2, 0) is 0 Å². The van der Waals surface area contributed by atoms with Crippen LogP contribution < -0.4 is 5.73 Å². The smallest absolute Gasteiger partial charge is 0.213 e. The number of nitrogen functional groups attached to an aromatic ring is 1. The zero-order valence-electron chi connectivity index (χ0n) is 7.99. The normalized spacial score (nSPS) is 10.5. The van der Waals surface area contributed by atoms with Crippen LogP contribution in [0.25, 0.3) is 0 Å². The molecule has 0 fully saturated rings. The number of aromatic amines is 1. The van der Waals surface area contributed by atoms with Crippen molar-refractivity contribution in [3.05, 3.63) is 29.0 Å². The van der Waals surface area contributed by atoms with E-state index in [0.29, 0.717) is 15.9 Å². The second-order valence-electron chi connectivity index (χ2n) is 2.99. The predicted octanol–water partition coefficient (Wildman–Crippen LogP) is 2.50. The summed E-state index contributed by atoms with van der Waals surface area (Å²) in [5, 5.41) is 8.07. The van der Waals surface area contributed by atoms with E-state index in [0.717, 1.165) is 10.7 Å². The van der Waals surface area contributed by atoms with Gasteiger partial charge >= 0.3 is 0 Å². The third kappa shape index (κ3) is 2.43. The second kappa shape index (κ2) is 4.12. The highest BCUT2D eigenvalue weighted by molar-refractivity contribution is 7.99. The average Bonchev–Trinajstić information content (AvgIpc) is 2.56. The lowest BCUT2D eigenvalue weighted by molar-refractivity contribution is 0.969. The fourth-order valence-electron chi connectivity index (χ4n) is 1.08. The molecule has 6 heteroatoms. The molecule has 2 aromatic rings. The molecule has 0 unspecified atom stereocenters. The van der Waals surface area contributed by atoms with Crippen molar-refractivity contribution in [2.45, 2.75) is 17.0 Å². The molecule has 0 aliphatic carbocycles. The fraction of sp³-hybridized carbons (Fsp3) is 0.111. The molecule has 0 saturated heterocycles. The van der Waals surface area contributed by atoms with Crippen molar-refractivity contribution < 1.29 is 0 Å². The van der Waals surface area contributed by atoms with E-state index in [9.17, 15) is 0 Å². The van der Waals surface area contributed by atoms with Gasteiger partial charge in [-0.25, -0.2) is 4.98 Å². The number of halogens is 1. The van der Waals surface area contributed by atoms with E-state index in [1.807, 2.05) is 13.0 Å². The molecule has 0 aliphatic rings. The third-order valence-corrected chi connectivity index (χ3v) is 2.94. The molecule has 0 amide bonds. The Hall–Kier alpha value is -1.20. The van der Waals surface area contributed by atoms with Crippen LogP contribution in [-0.4, -0.2) is 15.2 Å². The SMILES string of the molecule is Cc1nc(Sc2ccc(Cl)cc2N)n[nH]1. The molecule has 1 aromatic carbocycles. The molecule has 3 N–H and O–H groups in total. The van der Waals surface area contributed by atoms with Crippen LogP contribution in [0.15, 0.2) is 28.3 Å². The Morgan fingerprint density at radius 1 is 1.47 bits per heavy atom. The first-order chi connectivity index (χ1) is 7.15. The number of hydrogen-bond acceptors (Lipinski definition) is 4. The number of benzene rings is 1. The molecule has 2 rings (SSSR count). The van der Waals surface area contributed by atoms with Crippen molar-refractivity contribution in [2.24, 2.45) is 0 Å². The lowest BCUT2D eigenvalue weighted by atomic mass is 10.3. The highest BCUT2D eigenvalue weighted by Crippen LogP contribution is 2.31. The van der Waals surface area contributed by atoms with Crippen molar-refractivity contribution in [3.63, 3.8) is 0 Å². The first-order valence-electron chi connectivity index (χ1n) is 4.27. The highest BCUT2D eigenvalue weighted by Gasteiger charge is 2.06. The zero-order chi connectivity index (χ0) is 10.8.